The standard InChI is InChI=1S/C25H27N7O2/c26-22(33)21-16-27-25(30-23(21)28-18-6-7-18)29-19-8-10-20(11-9-19)31-12-14-32(15-13-31)24(34)17-4-2-1-3-5-17/h1-5,8-11,16,18H,6-7,12-15H2,(H2,26,33)(H2,27,28,29,30). The molecule has 34 heavy (non-hydrogen) atoms. The van der Waals surface area contributed by atoms with Gasteiger partial charge in [0.1, 0.15) is 5.82 Å². The number of hydrogen-bond acceptors (Lipinski definition) is 7. The first-order valence-corrected chi connectivity index (χ1v) is 11.5. The van der Waals surface area contributed by atoms with Crippen LogP contribution < -0.4 is 21.3 Å². The summed E-state index contributed by atoms with van der Waals surface area (Å²) < 4.78 is 0. The minimum atomic E-state index is -0.551. The molecule has 5 rings (SSSR count). The summed E-state index contributed by atoms with van der Waals surface area (Å²) in [6, 6.07) is 17.8. The molecular formula is C25H27N7O2. The van der Waals surface area contributed by atoms with Crippen molar-refractivity contribution < 1.29 is 9.59 Å². The van der Waals surface area contributed by atoms with Gasteiger partial charge in [-0.15, -0.1) is 0 Å². The molecule has 1 saturated heterocycles. The first kappa shape index (κ1) is 21.7. The molecule has 2 aliphatic rings. The van der Waals surface area contributed by atoms with E-state index in [9.17, 15) is 9.59 Å². The lowest BCUT2D eigenvalue weighted by Gasteiger charge is -2.36. The number of primary amides is 1. The van der Waals surface area contributed by atoms with E-state index in [0.29, 0.717) is 30.9 Å². The molecule has 0 unspecified atom stereocenters. The Balaban J connectivity index is 1.20. The highest BCUT2D eigenvalue weighted by Crippen LogP contribution is 2.27. The number of hydrogen-bond donors (Lipinski definition) is 3. The highest BCUT2D eigenvalue weighted by Gasteiger charge is 2.24. The zero-order chi connectivity index (χ0) is 23.5. The third-order valence-corrected chi connectivity index (χ3v) is 6.05. The van der Waals surface area contributed by atoms with Crippen LogP contribution in [0.1, 0.15) is 33.6 Å². The molecule has 4 N–H and O–H groups in total. The zero-order valence-corrected chi connectivity index (χ0v) is 18.8. The SMILES string of the molecule is NC(=O)c1cnc(Nc2ccc(N3CCN(C(=O)c4ccccc4)CC3)cc2)nc1NC1CC1. The average Bonchev–Trinajstić information content (AvgIpc) is 3.69. The van der Waals surface area contributed by atoms with E-state index >= 15 is 0 Å². The Morgan fingerprint density at radius 3 is 2.29 bits per heavy atom. The van der Waals surface area contributed by atoms with E-state index in [4.69, 9.17) is 5.73 Å². The number of nitrogens with two attached hydrogens (primary N) is 1. The first-order valence-electron chi connectivity index (χ1n) is 11.5. The maximum atomic E-state index is 12.7. The van der Waals surface area contributed by atoms with E-state index in [1.807, 2.05) is 59.5 Å². The van der Waals surface area contributed by atoms with Gasteiger partial charge < -0.3 is 26.2 Å². The normalized spacial score (nSPS) is 15.6. The summed E-state index contributed by atoms with van der Waals surface area (Å²) in [7, 11) is 0. The van der Waals surface area contributed by atoms with E-state index in [-0.39, 0.29) is 11.5 Å². The van der Waals surface area contributed by atoms with Gasteiger partial charge in [-0.25, -0.2) is 4.98 Å². The zero-order valence-electron chi connectivity index (χ0n) is 18.8. The molecule has 2 heterocycles. The number of nitrogens with one attached hydrogen (secondary N) is 2. The molecular weight excluding hydrogens is 430 g/mol. The molecule has 1 aromatic heterocycles. The van der Waals surface area contributed by atoms with Crippen molar-refractivity contribution in [1.82, 2.24) is 14.9 Å². The van der Waals surface area contributed by atoms with Gasteiger partial charge in [-0.2, -0.15) is 4.98 Å². The topological polar surface area (TPSA) is 116 Å². The van der Waals surface area contributed by atoms with Gasteiger partial charge in [0.15, 0.2) is 0 Å². The first-order chi connectivity index (χ1) is 16.6. The highest BCUT2D eigenvalue weighted by molar-refractivity contribution is 5.97. The fourth-order valence-electron chi connectivity index (χ4n) is 3.97. The van der Waals surface area contributed by atoms with Gasteiger partial charge in [0.2, 0.25) is 5.95 Å². The summed E-state index contributed by atoms with van der Waals surface area (Å²) in [6.07, 6.45) is 3.56. The van der Waals surface area contributed by atoms with Crippen molar-refractivity contribution in [3.05, 3.63) is 71.9 Å². The van der Waals surface area contributed by atoms with Gasteiger partial charge in [0.25, 0.3) is 11.8 Å². The molecule has 1 aliphatic carbocycles. The Hall–Kier alpha value is -4.14. The van der Waals surface area contributed by atoms with E-state index in [2.05, 4.69) is 25.5 Å². The molecule has 2 amide bonds. The van der Waals surface area contributed by atoms with Crippen LogP contribution in [-0.4, -0.2) is 58.9 Å². The van der Waals surface area contributed by atoms with Gasteiger partial charge >= 0.3 is 0 Å². The number of carbonyl (C=O) groups is 2. The summed E-state index contributed by atoms with van der Waals surface area (Å²) in [4.78, 5) is 37.2. The lowest BCUT2D eigenvalue weighted by Crippen LogP contribution is -2.48. The van der Waals surface area contributed by atoms with E-state index < -0.39 is 5.91 Å². The number of piperazine rings is 1. The second-order valence-corrected chi connectivity index (χ2v) is 8.56. The minimum absolute atomic E-state index is 0.0812. The quantitative estimate of drug-likeness (QED) is 0.499. The predicted octanol–water partition coefficient (Wildman–Crippen LogP) is 2.86. The Kier molecular flexibility index (Phi) is 5.99. The Morgan fingerprint density at radius 2 is 1.65 bits per heavy atom. The summed E-state index contributed by atoms with van der Waals surface area (Å²) in [5.41, 5.74) is 8.40. The molecule has 0 spiro atoms. The second kappa shape index (κ2) is 9.38. The van der Waals surface area contributed by atoms with Crippen LogP contribution in [0.3, 0.4) is 0 Å². The molecule has 3 aromatic rings. The monoisotopic (exact) mass is 457 g/mol. The molecule has 1 aliphatic heterocycles. The van der Waals surface area contributed by atoms with Crippen LogP contribution in [0.2, 0.25) is 0 Å². The van der Waals surface area contributed by atoms with Crippen molar-refractivity contribution in [3.63, 3.8) is 0 Å². The molecule has 1 saturated carbocycles. The second-order valence-electron chi connectivity index (χ2n) is 8.56. The molecule has 0 radical (unpaired) electrons. The lowest BCUT2D eigenvalue weighted by molar-refractivity contribution is 0.0746. The summed E-state index contributed by atoms with van der Waals surface area (Å²) in [5, 5.41) is 6.43. The van der Waals surface area contributed by atoms with Crippen molar-refractivity contribution in [1.29, 1.82) is 0 Å². The molecule has 2 aromatic carbocycles. The minimum Gasteiger partial charge on any atom is -0.368 e. The van der Waals surface area contributed by atoms with Gasteiger partial charge in [0, 0.05) is 55.4 Å². The lowest BCUT2D eigenvalue weighted by atomic mass is 10.1. The number of nitrogens with zero attached hydrogens (tertiary/aromatic N) is 4. The largest absolute Gasteiger partial charge is 0.368 e. The number of rotatable bonds is 7. The number of benzene rings is 2. The maximum absolute atomic E-state index is 12.7. The molecule has 2 fully saturated rings. The van der Waals surface area contributed by atoms with Gasteiger partial charge in [-0.1, -0.05) is 18.2 Å². The van der Waals surface area contributed by atoms with Crippen molar-refractivity contribution in [2.45, 2.75) is 18.9 Å². The third-order valence-electron chi connectivity index (χ3n) is 6.05. The van der Waals surface area contributed by atoms with Crippen molar-refractivity contribution in [2.75, 3.05) is 41.7 Å². The van der Waals surface area contributed by atoms with Crippen LogP contribution in [0, 0.1) is 0 Å². The maximum Gasteiger partial charge on any atom is 0.254 e. The predicted molar refractivity (Wildman–Crippen MR) is 131 cm³/mol. The van der Waals surface area contributed by atoms with Crippen LogP contribution in [-0.2, 0) is 0 Å². The van der Waals surface area contributed by atoms with Crippen LogP contribution in [0.5, 0.6) is 0 Å². The average molecular weight is 458 g/mol. The molecule has 9 heteroatoms. The van der Waals surface area contributed by atoms with Gasteiger partial charge in [0.05, 0.1) is 5.56 Å². The smallest absolute Gasteiger partial charge is 0.254 e. The van der Waals surface area contributed by atoms with Crippen molar-refractivity contribution >= 4 is 35.0 Å². The van der Waals surface area contributed by atoms with Crippen LogP contribution in [0.4, 0.5) is 23.1 Å². The van der Waals surface area contributed by atoms with Crippen LogP contribution >= 0.6 is 0 Å². The number of amides is 2. The van der Waals surface area contributed by atoms with E-state index in [1.54, 1.807) is 0 Å². The number of aromatic nitrogens is 2. The van der Waals surface area contributed by atoms with Crippen LogP contribution in [0.15, 0.2) is 60.8 Å². The van der Waals surface area contributed by atoms with Crippen molar-refractivity contribution in [2.24, 2.45) is 5.73 Å². The Bertz CT molecular complexity index is 1170. The highest BCUT2D eigenvalue weighted by atomic mass is 16.2. The Morgan fingerprint density at radius 1 is 0.941 bits per heavy atom. The van der Waals surface area contributed by atoms with E-state index in [1.165, 1.54) is 6.20 Å². The summed E-state index contributed by atoms with van der Waals surface area (Å²) >= 11 is 0. The molecule has 174 valence electrons. The fourth-order valence-corrected chi connectivity index (χ4v) is 3.97. The molecule has 0 bridgehead atoms. The number of carbonyl (C=O) groups excluding carboxylic acids is 2. The van der Waals surface area contributed by atoms with Gasteiger partial charge in [-0.3, -0.25) is 9.59 Å². The third kappa shape index (κ3) is 4.93. The Labute approximate surface area is 198 Å². The van der Waals surface area contributed by atoms with Gasteiger partial charge in [-0.05, 0) is 49.2 Å². The molecule has 0 atom stereocenters. The summed E-state index contributed by atoms with van der Waals surface area (Å²) in [6.45, 7) is 2.92. The number of anilines is 4. The van der Waals surface area contributed by atoms with Crippen LogP contribution in [0.25, 0.3) is 0 Å². The van der Waals surface area contributed by atoms with Crippen molar-refractivity contribution in [3.8, 4) is 0 Å². The molecule has 9 nitrogen and oxygen atoms in total. The summed E-state index contributed by atoms with van der Waals surface area (Å²) in [5.74, 6) is 0.392. The van der Waals surface area contributed by atoms with E-state index in [0.717, 1.165) is 42.9 Å². The fraction of sp³-hybridized carbons (Fsp3) is 0.280.